The number of nitrogens with one attached hydrogen (secondary N) is 1. The van der Waals surface area contributed by atoms with E-state index in [2.05, 4.69) is 31.0 Å². The van der Waals surface area contributed by atoms with Crippen LogP contribution in [0.1, 0.15) is 24.6 Å². The van der Waals surface area contributed by atoms with Crippen LogP contribution < -0.4 is 14.2 Å². The lowest BCUT2D eigenvalue weighted by molar-refractivity contribution is 0.297. The summed E-state index contributed by atoms with van der Waals surface area (Å²) >= 11 is 7.46. The summed E-state index contributed by atoms with van der Waals surface area (Å²) in [6.07, 6.45) is 3.21. The zero-order valence-corrected chi connectivity index (χ0v) is 18.9. The Morgan fingerprint density at radius 2 is 2.10 bits per heavy atom. The van der Waals surface area contributed by atoms with Gasteiger partial charge in [0.05, 0.1) is 29.1 Å². The first-order valence-corrected chi connectivity index (χ1v) is 12.0. The summed E-state index contributed by atoms with van der Waals surface area (Å²) in [4.78, 5) is 7.91. The van der Waals surface area contributed by atoms with Gasteiger partial charge in [0.25, 0.3) is 5.19 Å². The van der Waals surface area contributed by atoms with Crippen LogP contribution in [-0.4, -0.2) is 41.4 Å². The summed E-state index contributed by atoms with van der Waals surface area (Å²) in [6, 6.07) is 6.96. The molecule has 3 aromatic rings. The van der Waals surface area contributed by atoms with E-state index in [1.54, 1.807) is 18.2 Å². The van der Waals surface area contributed by atoms with Gasteiger partial charge in [-0.3, -0.25) is 4.72 Å². The summed E-state index contributed by atoms with van der Waals surface area (Å²) in [5.41, 5.74) is 1.37. The second-order valence-corrected chi connectivity index (χ2v) is 9.30. The molecule has 31 heavy (non-hydrogen) atoms. The Kier molecular flexibility index (Phi) is 7.21. The average Bonchev–Trinajstić information content (AvgIpc) is 3.19. The lowest BCUT2D eigenvalue weighted by Crippen LogP contribution is -2.13. The van der Waals surface area contributed by atoms with Crippen molar-refractivity contribution in [2.24, 2.45) is 0 Å². The van der Waals surface area contributed by atoms with Crippen molar-refractivity contribution in [2.45, 2.75) is 20.0 Å². The molecule has 0 unspecified atom stereocenters. The highest BCUT2D eigenvalue weighted by Gasteiger charge is 2.15. The molecular weight excluding hydrogens is 464 g/mol. The first-order chi connectivity index (χ1) is 14.8. The van der Waals surface area contributed by atoms with Crippen molar-refractivity contribution in [3.05, 3.63) is 40.7 Å². The number of ether oxygens (including phenoxy) is 2. The Morgan fingerprint density at radius 1 is 1.29 bits per heavy atom. The van der Waals surface area contributed by atoms with Crippen LogP contribution >= 0.6 is 22.9 Å². The molecule has 0 aliphatic carbocycles. The van der Waals surface area contributed by atoms with E-state index in [4.69, 9.17) is 21.1 Å². The number of halogens is 1. The van der Waals surface area contributed by atoms with E-state index in [1.807, 2.05) is 6.92 Å². The Hall–Kier alpha value is -3.01. The molecular formula is C18H17ClN6O4S2. The van der Waals surface area contributed by atoms with Gasteiger partial charge in [-0.2, -0.15) is 5.26 Å². The highest BCUT2D eigenvalue weighted by atomic mass is 35.5. The van der Waals surface area contributed by atoms with Crippen LogP contribution in [0.25, 0.3) is 10.6 Å². The van der Waals surface area contributed by atoms with Crippen molar-refractivity contribution in [1.29, 1.82) is 5.26 Å². The smallest absolute Gasteiger partial charge is 0.294 e. The number of benzene rings is 1. The van der Waals surface area contributed by atoms with Gasteiger partial charge in [-0.15, -0.1) is 5.10 Å². The molecule has 0 atom stereocenters. The van der Waals surface area contributed by atoms with Gasteiger partial charge in [0, 0.05) is 11.8 Å². The fourth-order valence-electron chi connectivity index (χ4n) is 2.36. The normalized spacial score (nSPS) is 11.0. The lowest BCUT2D eigenvalue weighted by atomic mass is 10.1. The van der Waals surface area contributed by atoms with Crippen molar-refractivity contribution >= 4 is 38.9 Å². The number of hydrogen-bond donors (Lipinski definition) is 1. The number of nitriles is 1. The summed E-state index contributed by atoms with van der Waals surface area (Å²) in [5.74, 6) is 0.295. The highest BCUT2D eigenvalue weighted by molar-refractivity contribution is 7.91. The maximum absolute atomic E-state index is 11.3. The predicted octanol–water partition coefficient (Wildman–Crippen LogP) is 3.26. The van der Waals surface area contributed by atoms with Crippen LogP contribution in [0.3, 0.4) is 0 Å². The van der Waals surface area contributed by atoms with Crippen LogP contribution in [-0.2, 0) is 16.6 Å². The fraction of sp³-hybridized carbons (Fsp3) is 0.278. The molecule has 2 heterocycles. The third kappa shape index (κ3) is 6.24. The molecule has 0 bridgehead atoms. The Morgan fingerprint density at radius 3 is 2.81 bits per heavy atom. The topological polar surface area (TPSA) is 140 Å². The Labute approximate surface area is 187 Å². The summed E-state index contributed by atoms with van der Waals surface area (Å²) in [6.45, 7) is 2.44. The van der Waals surface area contributed by atoms with E-state index in [9.17, 15) is 13.7 Å². The summed E-state index contributed by atoms with van der Waals surface area (Å²) < 4.78 is 36.0. The SMILES string of the molecule is CCCOc1c(Cl)cc(-c2nnc(OCc3ccnc(NS(C)(=O)=O)n3)s2)cc1C#N. The van der Waals surface area contributed by atoms with Gasteiger partial charge in [-0.25, -0.2) is 18.4 Å². The number of rotatable bonds is 9. The van der Waals surface area contributed by atoms with Gasteiger partial charge in [0.1, 0.15) is 12.7 Å². The minimum absolute atomic E-state index is 0.0313. The minimum Gasteiger partial charge on any atom is -0.491 e. The molecule has 0 saturated heterocycles. The van der Waals surface area contributed by atoms with E-state index in [1.165, 1.54) is 6.20 Å². The number of anilines is 1. The molecule has 13 heteroatoms. The molecule has 1 N–H and O–H groups in total. The van der Waals surface area contributed by atoms with Crippen molar-refractivity contribution < 1.29 is 17.9 Å². The standard InChI is InChI=1S/C18H17ClN6O4S2/c1-3-6-28-15-12(9-20)7-11(8-14(15)19)16-23-24-18(30-16)29-10-13-4-5-21-17(22-13)25-31(2,26)27/h4-5,7-8H,3,6,10H2,1-2H3,(H,21,22,25). The molecule has 0 spiro atoms. The Balaban J connectivity index is 1.73. The second-order valence-electron chi connectivity index (χ2n) is 6.20. The molecule has 0 aliphatic heterocycles. The van der Waals surface area contributed by atoms with Gasteiger partial charge in [-0.1, -0.05) is 35.0 Å². The van der Waals surface area contributed by atoms with E-state index >= 15 is 0 Å². The first kappa shape index (κ1) is 22.7. The van der Waals surface area contributed by atoms with Crippen LogP contribution in [0.15, 0.2) is 24.4 Å². The number of hydrogen-bond acceptors (Lipinski definition) is 10. The number of aromatic nitrogens is 4. The first-order valence-electron chi connectivity index (χ1n) is 8.92. The van der Waals surface area contributed by atoms with Gasteiger partial charge in [-0.05, 0) is 24.6 Å². The molecule has 0 radical (unpaired) electrons. The minimum atomic E-state index is -3.48. The van der Waals surface area contributed by atoms with E-state index in [0.29, 0.717) is 39.2 Å². The van der Waals surface area contributed by atoms with Gasteiger partial charge >= 0.3 is 0 Å². The monoisotopic (exact) mass is 480 g/mol. The van der Waals surface area contributed by atoms with E-state index < -0.39 is 10.0 Å². The van der Waals surface area contributed by atoms with Gasteiger partial charge in [0.2, 0.25) is 16.0 Å². The highest BCUT2D eigenvalue weighted by Crippen LogP contribution is 2.36. The van der Waals surface area contributed by atoms with Gasteiger partial charge in [0.15, 0.2) is 10.8 Å². The molecule has 3 rings (SSSR count). The molecule has 0 aliphatic rings. The van der Waals surface area contributed by atoms with Crippen molar-refractivity contribution in [1.82, 2.24) is 20.2 Å². The quantitative estimate of drug-likeness (QED) is 0.488. The molecule has 0 saturated carbocycles. The number of nitrogens with zero attached hydrogens (tertiary/aromatic N) is 5. The van der Waals surface area contributed by atoms with Gasteiger partial charge < -0.3 is 9.47 Å². The average molecular weight is 481 g/mol. The van der Waals surface area contributed by atoms with Crippen LogP contribution in [0, 0.1) is 11.3 Å². The summed E-state index contributed by atoms with van der Waals surface area (Å²) in [7, 11) is -3.48. The van der Waals surface area contributed by atoms with Crippen LogP contribution in [0.4, 0.5) is 5.95 Å². The Bertz CT molecular complexity index is 1230. The largest absolute Gasteiger partial charge is 0.491 e. The van der Waals surface area contributed by atoms with Crippen LogP contribution in [0.5, 0.6) is 10.9 Å². The maximum atomic E-state index is 11.3. The third-order valence-corrected chi connectivity index (χ3v) is 5.32. The zero-order valence-electron chi connectivity index (χ0n) is 16.5. The maximum Gasteiger partial charge on any atom is 0.294 e. The predicted molar refractivity (Wildman–Crippen MR) is 116 cm³/mol. The van der Waals surface area contributed by atoms with Crippen molar-refractivity contribution in [3.63, 3.8) is 0 Å². The lowest BCUT2D eigenvalue weighted by Gasteiger charge is -2.09. The molecule has 162 valence electrons. The van der Waals surface area contributed by atoms with E-state index in [0.717, 1.165) is 24.0 Å². The molecule has 10 nitrogen and oxygen atoms in total. The van der Waals surface area contributed by atoms with Crippen molar-refractivity contribution in [2.75, 3.05) is 17.6 Å². The molecule has 1 aromatic carbocycles. The second kappa shape index (κ2) is 9.86. The van der Waals surface area contributed by atoms with Crippen LogP contribution in [0.2, 0.25) is 5.02 Å². The van der Waals surface area contributed by atoms with E-state index in [-0.39, 0.29) is 17.7 Å². The third-order valence-electron chi connectivity index (χ3n) is 3.60. The summed E-state index contributed by atoms with van der Waals surface area (Å²) in [5, 5.41) is 18.6. The fourth-order valence-corrected chi connectivity index (χ4v) is 3.75. The number of sulfonamides is 1. The molecule has 2 aromatic heterocycles. The van der Waals surface area contributed by atoms with Crippen molar-refractivity contribution in [3.8, 4) is 27.6 Å². The molecule has 0 fully saturated rings. The molecule has 0 amide bonds. The zero-order chi connectivity index (χ0) is 22.4.